The molecule has 0 amide bonds. The number of nitrogens with one attached hydrogen (secondary N) is 1. The highest BCUT2D eigenvalue weighted by Gasteiger charge is 2.27. The molecule has 1 aliphatic rings. The molecule has 1 unspecified atom stereocenters. The molecule has 0 aromatic heterocycles. The third-order valence-electron chi connectivity index (χ3n) is 0.806. The fraction of sp³-hybridized carbons (Fsp3) is 0.200. The third kappa shape index (κ3) is 1.66. The largest absolute Gasteiger partial charge is 0.322 e. The van der Waals surface area contributed by atoms with Gasteiger partial charge in [-0.05, 0) is 34.0 Å². The average molecular weight is 269 g/mol. The Morgan fingerprint density at radius 2 is 2.56 bits per heavy atom. The summed E-state index contributed by atoms with van der Waals surface area (Å²) < 4.78 is 3.53. The lowest BCUT2D eigenvalue weighted by molar-refractivity contribution is 1.41. The summed E-state index contributed by atoms with van der Waals surface area (Å²) in [7, 11) is 0. The summed E-state index contributed by atoms with van der Waals surface area (Å²) in [5, 5.41) is 0. The summed E-state index contributed by atoms with van der Waals surface area (Å²) in [4.78, 5) is 0. The second-order valence-corrected chi connectivity index (χ2v) is 5.17. The van der Waals surface area contributed by atoms with Gasteiger partial charge in [0.15, 0.2) is 3.66 Å². The predicted molar refractivity (Wildman–Crippen MR) is 48.2 cm³/mol. The molecule has 0 saturated carbocycles. The molecule has 1 heterocycles. The smallest absolute Gasteiger partial charge is 0.171 e. The molecule has 1 N–H and O–H groups in total. The van der Waals surface area contributed by atoms with Crippen LogP contribution in [-0.4, -0.2) is 3.66 Å². The molecular weight excluding hydrogens is 266 g/mol. The number of halogens is 2. The molecule has 9 heavy (non-hydrogen) atoms. The van der Waals surface area contributed by atoms with Crippen LogP contribution in [0.3, 0.4) is 0 Å². The SMILES string of the molecule is C#CC1(Br)C=C(Br)NS1. The lowest BCUT2D eigenvalue weighted by Gasteiger charge is -2.05. The fourth-order valence-corrected chi connectivity index (χ4v) is 2.47. The van der Waals surface area contributed by atoms with Gasteiger partial charge in [0.2, 0.25) is 0 Å². The fourth-order valence-electron chi connectivity index (χ4n) is 0.416. The highest BCUT2D eigenvalue weighted by molar-refractivity contribution is 9.13. The Balaban J connectivity index is 2.79. The van der Waals surface area contributed by atoms with Crippen LogP contribution < -0.4 is 4.72 Å². The molecular formula is C5H3Br2NS. The summed E-state index contributed by atoms with van der Waals surface area (Å²) in [5.74, 6) is 2.58. The van der Waals surface area contributed by atoms with Gasteiger partial charge in [-0.2, -0.15) is 0 Å². The van der Waals surface area contributed by atoms with Gasteiger partial charge in [0.25, 0.3) is 0 Å². The Morgan fingerprint density at radius 1 is 1.89 bits per heavy atom. The lowest BCUT2D eigenvalue weighted by Crippen LogP contribution is -2.05. The molecule has 0 aliphatic carbocycles. The zero-order valence-corrected chi connectivity index (χ0v) is 8.31. The second-order valence-electron chi connectivity index (χ2n) is 1.49. The first-order valence-corrected chi connectivity index (χ1v) is 4.55. The Hall–Kier alpha value is 0.410. The standard InChI is InChI=1S/C5H3Br2NS/c1-2-5(7)3-4(6)8-9-5/h1,3,8H. The Kier molecular flexibility index (Phi) is 2.14. The van der Waals surface area contributed by atoms with E-state index in [4.69, 9.17) is 6.42 Å². The van der Waals surface area contributed by atoms with Gasteiger partial charge in [0.1, 0.15) is 0 Å². The molecule has 1 aliphatic heterocycles. The molecule has 0 bridgehead atoms. The Labute approximate surface area is 75.0 Å². The zero-order chi connectivity index (χ0) is 6.91. The molecule has 1 nitrogen and oxygen atoms in total. The molecule has 0 spiro atoms. The normalized spacial score (nSPS) is 32.8. The second kappa shape index (κ2) is 2.57. The van der Waals surface area contributed by atoms with Crippen molar-refractivity contribution in [2.24, 2.45) is 0 Å². The molecule has 0 saturated heterocycles. The number of hydrogen-bond acceptors (Lipinski definition) is 2. The van der Waals surface area contributed by atoms with E-state index in [1.165, 1.54) is 11.9 Å². The van der Waals surface area contributed by atoms with Gasteiger partial charge in [0.05, 0.1) is 4.61 Å². The lowest BCUT2D eigenvalue weighted by atomic mass is 10.4. The molecule has 1 rings (SSSR count). The minimum atomic E-state index is -0.355. The first kappa shape index (κ1) is 7.52. The molecule has 0 fully saturated rings. The van der Waals surface area contributed by atoms with E-state index in [1.807, 2.05) is 6.08 Å². The van der Waals surface area contributed by atoms with E-state index >= 15 is 0 Å². The minimum Gasteiger partial charge on any atom is -0.322 e. The van der Waals surface area contributed by atoms with Gasteiger partial charge in [-0.1, -0.05) is 21.9 Å². The van der Waals surface area contributed by atoms with Crippen molar-refractivity contribution in [3.8, 4) is 12.3 Å². The first-order valence-electron chi connectivity index (χ1n) is 2.15. The highest BCUT2D eigenvalue weighted by Crippen LogP contribution is 2.38. The summed E-state index contributed by atoms with van der Waals surface area (Å²) in [5.41, 5.74) is 0. The van der Waals surface area contributed by atoms with Crippen molar-refractivity contribution in [3.05, 3.63) is 10.7 Å². The van der Waals surface area contributed by atoms with Crippen molar-refractivity contribution in [1.29, 1.82) is 0 Å². The third-order valence-corrected chi connectivity index (χ3v) is 3.29. The molecule has 0 aromatic carbocycles. The summed E-state index contributed by atoms with van der Waals surface area (Å²) in [6.07, 6.45) is 7.09. The van der Waals surface area contributed by atoms with E-state index in [-0.39, 0.29) is 3.66 Å². The maximum Gasteiger partial charge on any atom is 0.171 e. The van der Waals surface area contributed by atoms with Crippen molar-refractivity contribution in [2.75, 3.05) is 0 Å². The van der Waals surface area contributed by atoms with Crippen LogP contribution in [0.25, 0.3) is 0 Å². The predicted octanol–water partition coefficient (Wildman–Crippen LogP) is 2.20. The van der Waals surface area contributed by atoms with E-state index < -0.39 is 0 Å². The molecule has 0 aromatic rings. The summed E-state index contributed by atoms with van der Waals surface area (Å²) >= 11 is 8.05. The van der Waals surface area contributed by atoms with Gasteiger partial charge >= 0.3 is 0 Å². The van der Waals surface area contributed by atoms with E-state index in [9.17, 15) is 0 Å². The van der Waals surface area contributed by atoms with Crippen LogP contribution >= 0.6 is 43.8 Å². The van der Waals surface area contributed by atoms with E-state index in [2.05, 4.69) is 42.5 Å². The van der Waals surface area contributed by atoms with Gasteiger partial charge < -0.3 is 4.72 Å². The van der Waals surface area contributed by atoms with E-state index in [1.54, 1.807) is 0 Å². The topological polar surface area (TPSA) is 12.0 Å². The van der Waals surface area contributed by atoms with Crippen LogP contribution in [0.15, 0.2) is 10.7 Å². The van der Waals surface area contributed by atoms with Crippen molar-refractivity contribution >= 4 is 43.8 Å². The number of hydrogen-bond donors (Lipinski definition) is 1. The summed E-state index contributed by atoms with van der Waals surface area (Å²) in [6.45, 7) is 0. The maximum atomic E-state index is 5.21. The first-order chi connectivity index (χ1) is 4.16. The zero-order valence-electron chi connectivity index (χ0n) is 4.32. The molecule has 48 valence electrons. The Morgan fingerprint density at radius 3 is 2.78 bits per heavy atom. The van der Waals surface area contributed by atoms with E-state index in [0.717, 1.165) is 4.61 Å². The number of terminal acetylenes is 1. The number of rotatable bonds is 0. The summed E-state index contributed by atoms with van der Waals surface area (Å²) in [6, 6.07) is 0. The molecule has 1 atom stereocenters. The quantitative estimate of drug-likeness (QED) is 0.313. The van der Waals surface area contributed by atoms with Crippen LogP contribution in [0, 0.1) is 12.3 Å². The Bertz CT molecular complexity index is 196. The van der Waals surface area contributed by atoms with Crippen LogP contribution in [0.5, 0.6) is 0 Å². The van der Waals surface area contributed by atoms with Crippen LogP contribution in [0.4, 0.5) is 0 Å². The highest BCUT2D eigenvalue weighted by atomic mass is 79.9. The maximum absolute atomic E-state index is 5.21. The average Bonchev–Trinajstić information content (AvgIpc) is 2.13. The van der Waals surface area contributed by atoms with Gasteiger partial charge in [-0.3, -0.25) is 0 Å². The van der Waals surface area contributed by atoms with Crippen molar-refractivity contribution in [1.82, 2.24) is 4.72 Å². The van der Waals surface area contributed by atoms with Crippen molar-refractivity contribution < 1.29 is 0 Å². The van der Waals surface area contributed by atoms with Crippen LogP contribution in [-0.2, 0) is 0 Å². The van der Waals surface area contributed by atoms with Crippen LogP contribution in [0.2, 0.25) is 0 Å². The number of alkyl halides is 1. The van der Waals surface area contributed by atoms with Crippen LogP contribution in [0.1, 0.15) is 0 Å². The van der Waals surface area contributed by atoms with Crippen molar-refractivity contribution in [2.45, 2.75) is 3.66 Å². The van der Waals surface area contributed by atoms with Gasteiger partial charge in [0, 0.05) is 0 Å². The monoisotopic (exact) mass is 267 g/mol. The molecule has 0 radical (unpaired) electrons. The minimum absolute atomic E-state index is 0.355. The molecule has 4 heteroatoms. The van der Waals surface area contributed by atoms with Gasteiger partial charge in [-0.25, -0.2) is 0 Å². The van der Waals surface area contributed by atoms with Crippen molar-refractivity contribution in [3.63, 3.8) is 0 Å². The van der Waals surface area contributed by atoms with Gasteiger partial charge in [-0.15, -0.1) is 6.42 Å². The van der Waals surface area contributed by atoms with E-state index in [0.29, 0.717) is 0 Å².